The molecule has 15 heavy (non-hydrogen) atoms. The topological polar surface area (TPSA) is 9.23 Å². The highest BCUT2D eigenvalue weighted by atomic mass is 28.3. The zero-order chi connectivity index (χ0) is 11.3. The predicted molar refractivity (Wildman–Crippen MR) is 67.7 cm³/mol. The second kappa shape index (κ2) is 5.88. The van der Waals surface area contributed by atoms with E-state index < -0.39 is 9.04 Å². The van der Waals surface area contributed by atoms with Gasteiger partial charge in [-0.2, -0.15) is 0 Å². The lowest BCUT2D eigenvalue weighted by atomic mass is 10.2. The molecule has 1 nitrogen and oxygen atoms in total. The summed E-state index contributed by atoms with van der Waals surface area (Å²) in [6.07, 6.45) is 2.38. The molecule has 0 N–H and O–H groups in total. The van der Waals surface area contributed by atoms with Crippen LogP contribution in [0.1, 0.15) is 20.8 Å². The molecule has 0 heterocycles. The normalized spacial score (nSPS) is 12.6. The largest absolute Gasteiger partial charge is 0.406 e. The first-order valence-electron chi connectivity index (χ1n) is 5.30. The molecule has 0 aliphatic rings. The summed E-state index contributed by atoms with van der Waals surface area (Å²) in [6.45, 7) is 8.49. The monoisotopic (exact) mass is 219 g/mol. The highest BCUT2D eigenvalue weighted by molar-refractivity contribution is 6.66. The Morgan fingerprint density at radius 1 is 1.27 bits per heavy atom. The summed E-state index contributed by atoms with van der Waals surface area (Å²) < 4.78 is 5.97. The maximum Gasteiger partial charge on any atom is 0.244 e. The second-order valence-electron chi connectivity index (χ2n) is 3.99. The van der Waals surface area contributed by atoms with Gasteiger partial charge in [-0.1, -0.05) is 42.0 Å². The minimum atomic E-state index is -0.856. The molecule has 2 heteroatoms. The molecular weight excluding hydrogens is 200 g/mol. The Morgan fingerprint density at radius 3 is 2.40 bits per heavy atom. The van der Waals surface area contributed by atoms with Crippen LogP contribution < -0.4 is 5.19 Å². The van der Waals surface area contributed by atoms with Gasteiger partial charge in [-0.3, -0.25) is 0 Å². The van der Waals surface area contributed by atoms with E-state index >= 15 is 0 Å². The van der Waals surface area contributed by atoms with Gasteiger partial charge >= 0.3 is 0 Å². The molecular formula is C13H19OSi. The fourth-order valence-electron chi connectivity index (χ4n) is 1.52. The Bertz CT molecular complexity index is 315. The van der Waals surface area contributed by atoms with Gasteiger partial charge in [-0.05, 0) is 32.5 Å². The van der Waals surface area contributed by atoms with Crippen molar-refractivity contribution in [1.29, 1.82) is 0 Å². The Balaban J connectivity index is 2.56. The third kappa shape index (κ3) is 4.45. The van der Waals surface area contributed by atoms with Crippen LogP contribution in [-0.4, -0.2) is 15.1 Å². The van der Waals surface area contributed by atoms with Crippen molar-refractivity contribution in [3.05, 3.63) is 42.0 Å². The predicted octanol–water partition coefficient (Wildman–Crippen LogP) is 2.89. The van der Waals surface area contributed by atoms with Crippen LogP contribution in [0.4, 0.5) is 0 Å². The van der Waals surface area contributed by atoms with Gasteiger partial charge in [0.15, 0.2) is 0 Å². The van der Waals surface area contributed by atoms with Gasteiger partial charge in [0.05, 0.1) is 6.10 Å². The standard InChI is InChI=1S/C13H19OSi/c1-11(2)10-12(3)14-15(4)13-8-6-5-7-9-13/h5-10,12H,1-4H3. The number of allylic oxidation sites excluding steroid dienone is 1. The van der Waals surface area contributed by atoms with Crippen LogP contribution in [0.2, 0.25) is 6.55 Å². The molecule has 0 aliphatic heterocycles. The third-order valence-electron chi connectivity index (χ3n) is 2.11. The van der Waals surface area contributed by atoms with Crippen LogP contribution in [-0.2, 0) is 4.43 Å². The number of benzene rings is 1. The van der Waals surface area contributed by atoms with Gasteiger partial charge in [-0.15, -0.1) is 0 Å². The molecule has 1 unspecified atom stereocenters. The maximum absolute atomic E-state index is 5.97. The fourth-order valence-corrected chi connectivity index (χ4v) is 2.95. The van der Waals surface area contributed by atoms with E-state index in [4.69, 9.17) is 4.43 Å². The van der Waals surface area contributed by atoms with E-state index in [9.17, 15) is 0 Å². The Hall–Kier alpha value is -0.863. The average molecular weight is 219 g/mol. The molecule has 1 rings (SSSR count). The molecule has 0 spiro atoms. The third-order valence-corrected chi connectivity index (χ3v) is 3.98. The molecule has 0 bridgehead atoms. The lowest BCUT2D eigenvalue weighted by Gasteiger charge is -2.15. The molecule has 81 valence electrons. The van der Waals surface area contributed by atoms with Gasteiger partial charge in [0.2, 0.25) is 9.04 Å². The lowest BCUT2D eigenvalue weighted by molar-refractivity contribution is 0.278. The molecule has 0 amide bonds. The first-order valence-corrected chi connectivity index (χ1v) is 7.21. The summed E-state index contributed by atoms with van der Waals surface area (Å²) in [4.78, 5) is 0. The highest BCUT2D eigenvalue weighted by Crippen LogP contribution is 2.01. The Labute approximate surface area is 94.5 Å². The molecule has 0 aromatic heterocycles. The zero-order valence-corrected chi connectivity index (χ0v) is 10.9. The van der Waals surface area contributed by atoms with Crippen LogP contribution in [0.3, 0.4) is 0 Å². The first kappa shape index (κ1) is 12.2. The van der Waals surface area contributed by atoms with Crippen molar-refractivity contribution in [2.75, 3.05) is 0 Å². The van der Waals surface area contributed by atoms with Crippen LogP contribution in [0.25, 0.3) is 0 Å². The minimum Gasteiger partial charge on any atom is -0.406 e. The molecule has 0 aliphatic carbocycles. The van der Waals surface area contributed by atoms with Gasteiger partial charge in [-0.25, -0.2) is 0 Å². The first-order chi connectivity index (χ1) is 7.09. The van der Waals surface area contributed by atoms with Crippen LogP contribution >= 0.6 is 0 Å². The van der Waals surface area contributed by atoms with E-state index in [-0.39, 0.29) is 6.10 Å². The highest BCUT2D eigenvalue weighted by Gasteiger charge is 2.11. The van der Waals surface area contributed by atoms with Crippen LogP contribution in [0, 0.1) is 0 Å². The number of hydrogen-bond acceptors (Lipinski definition) is 1. The van der Waals surface area contributed by atoms with Crippen molar-refractivity contribution in [2.24, 2.45) is 0 Å². The van der Waals surface area contributed by atoms with E-state index in [1.54, 1.807) is 0 Å². The molecule has 1 atom stereocenters. The second-order valence-corrected chi connectivity index (χ2v) is 5.91. The molecule has 0 fully saturated rings. The average Bonchev–Trinajstić information content (AvgIpc) is 2.17. The van der Waals surface area contributed by atoms with Gasteiger partial charge < -0.3 is 4.43 Å². The quantitative estimate of drug-likeness (QED) is 0.559. The van der Waals surface area contributed by atoms with Crippen LogP contribution in [0.15, 0.2) is 42.0 Å². The van der Waals surface area contributed by atoms with Crippen molar-refractivity contribution in [1.82, 2.24) is 0 Å². The number of rotatable bonds is 4. The van der Waals surface area contributed by atoms with Crippen molar-refractivity contribution in [3.8, 4) is 0 Å². The minimum absolute atomic E-state index is 0.217. The van der Waals surface area contributed by atoms with Crippen molar-refractivity contribution in [3.63, 3.8) is 0 Å². The van der Waals surface area contributed by atoms with Crippen LogP contribution in [0.5, 0.6) is 0 Å². The lowest BCUT2D eigenvalue weighted by Crippen LogP contribution is -2.32. The smallest absolute Gasteiger partial charge is 0.244 e. The molecule has 1 aromatic carbocycles. The SMILES string of the molecule is CC(C)=CC(C)O[Si](C)c1ccccc1. The molecule has 0 saturated heterocycles. The maximum atomic E-state index is 5.97. The van der Waals surface area contributed by atoms with E-state index in [1.807, 2.05) is 6.07 Å². The van der Waals surface area contributed by atoms with Crippen molar-refractivity contribution < 1.29 is 4.43 Å². The van der Waals surface area contributed by atoms with Gasteiger partial charge in [0.1, 0.15) is 0 Å². The molecule has 1 radical (unpaired) electrons. The van der Waals surface area contributed by atoms with Gasteiger partial charge in [0.25, 0.3) is 0 Å². The summed E-state index contributed by atoms with van der Waals surface area (Å²) in [5.41, 5.74) is 1.31. The van der Waals surface area contributed by atoms with E-state index in [0.29, 0.717) is 0 Å². The summed E-state index contributed by atoms with van der Waals surface area (Å²) in [7, 11) is -0.856. The fraction of sp³-hybridized carbons (Fsp3) is 0.385. The summed E-state index contributed by atoms with van der Waals surface area (Å²) >= 11 is 0. The van der Waals surface area contributed by atoms with Gasteiger partial charge in [0, 0.05) is 0 Å². The summed E-state index contributed by atoms with van der Waals surface area (Å²) in [5, 5.41) is 1.33. The molecule has 1 aromatic rings. The van der Waals surface area contributed by atoms with Crippen molar-refractivity contribution in [2.45, 2.75) is 33.4 Å². The summed E-state index contributed by atoms with van der Waals surface area (Å²) in [6, 6.07) is 10.5. The van der Waals surface area contributed by atoms with Crippen molar-refractivity contribution >= 4 is 14.2 Å². The Kier molecular flexibility index (Phi) is 4.79. The zero-order valence-electron chi connectivity index (χ0n) is 9.95. The van der Waals surface area contributed by atoms with E-state index in [0.717, 1.165) is 0 Å². The van der Waals surface area contributed by atoms with E-state index in [1.165, 1.54) is 10.8 Å². The molecule has 0 saturated carbocycles. The van der Waals surface area contributed by atoms with E-state index in [2.05, 4.69) is 57.7 Å². The summed E-state index contributed by atoms with van der Waals surface area (Å²) in [5.74, 6) is 0. The Morgan fingerprint density at radius 2 is 1.87 bits per heavy atom. The number of hydrogen-bond donors (Lipinski definition) is 0.